The molecule has 0 saturated heterocycles. The fourth-order valence-corrected chi connectivity index (χ4v) is 2.99. The third kappa shape index (κ3) is 3.40. The maximum atomic E-state index is 12.2. The Bertz CT molecular complexity index is 801. The summed E-state index contributed by atoms with van der Waals surface area (Å²) in [5.41, 5.74) is -0.159. The van der Waals surface area contributed by atoms with Crippen molar-refractivity contribution in [1.82, 2.24) is 0 Å². The van der Waals surface area contributed by atoms with Gasteiger partial charge in [0, 0.05) is 0 Å². The highest BCUT2D eigenvalue weighted by molar-refractivity contribution is 7.89. The van der Waals surface area contributed by atoms with Gasteiger partial charge in [0.1, 0.15) is 17.3 Å². The lowest BCUT2D eigenvalue weighted by Gasteiger charge is -2.32. The Morgan fingerprint density at radius 1 is 1.17 bits per heavy atom. The van der Waals surface area contributed by atoms with Gasteiger partial charge in [-0.2, -0.15) is 0 Å². The van der Waals surface area contributed by atoms with E-state index in [2.05, 4.69) is 4.74 Å². The van der Waals surface area contributed by atoms with E-state index in [1.54, 1.807) is 6.07 Å². The number of rotatable bonds is 4. The number of ether oxygens (including phenoxy) is 3. The fraction of sp³-hybridized carbons (Fsp3) is 0.286. The molecule has 0 saturated carbocycles. The molecule has 0 radical (unpaired) electrons. The van der Waals surface area contributed by atoms with Crippen LogP contribution in [0.3, 0.4) is 0 Å². The molecule has 130 valence electrons. The Labute approximate surface area is 138 Å². The van der Waals surface area contributed by atoms with Crippen molar-refractivity contribution in [3.63, 3.8) is 0 Å². The number of carbonyl (C=O) groups excluding carboxylic acids is 2. The minimum atomic E-state index is -4.07. The highest BCUT2D eigenvalue weighted by Gasteiger charge is 2.34. The van der Waals surface area contributed by atoms with Crippen LogP contribution in [0.5, 0.6) is 0 Å². The van der Waals surface area contributed by atoms with Crippen LogP contribution >= 0.6 is 0 Å². The molecule has 2 rings (SSSR count). The number of methoxy groups -OCH3 is 2. The summed E-state index contributed by atoms with van der Waals surface area (Å²) in [6, 6.07) is 5.76. The second-order valence-electron chi connectivity index (χ2n) is 4.73. The summed E-state index contributed by atoms with van der Waals surface area (Å²) in [5, 5.41) is 5.22. The summed E-state index contributed by atoms with van der Waals surface area (Å²) in [6.07, 6.45) is 0. The van der Waals surface area contributed by atoms with Crippen molar-refractivity contribution in [2.24, 2.45) is 5.14 Å². The first-order valence-corrected chi connectivity index (χ1v) is 8.22. The molecule has 10 heteroatoms. The number of primary sulfonamides is 1. The Morgan fingerprint density at radius 2 is 1.79 bits per heavy atom. The van der Waals surface area contributed by atoms with E-state index in [-0.39, 0.29) is 35.2 Å². The van der Waals surface area contributed by atoms with Gasteiger partial charge in [0.2, 0.25) is 10.0 Å². The average Bonchev–Trinajstić information content (AvgIpc) is 2.58. The minimum Gasteiger partial charge on any atom is -0.466 e. The molecule has 1 heterocycles. The number of sulfonamides is 1. The molecule has 1 aromatic rings. The fourth-order valence-electron chi connectivity index (χ4n) is 2.25. The van der Waals surface area contributed by atoms with Gasteiger partial charge in [-0.1, -0.05) is 12.1 Å². The molecule has 0 spiro atoms. The Kier molecular flexibility index (Phi) is 5.22. The third-order valence-electron chi connectivity index (χ3n) is 3.30. The quantitative estimate of drug-likeness (QED) is 0.731. The highest BCUT2D eigenvalue weighted by atomic mass is 32.2. The first-order valence-electron chi connectivity index (χ1n) is 6.68. The first-order chi connectivity index (χ1) is 11.3. The van der Waals surface area contributed by atoms with Crippen LogP contribution in [0.25, 0.3) is 0 Å². The third-order valence-corrected chi connectivity index (χ3v) is 4.25. The van der Waals surface area contributed by atoms with E-state index in [4.69, 9.17) is 14.6 Å². The predicted octanol–water partition coefficient (Wildman–Crippen LogP) is -0.272. The first kappa shape index (κ1) is 17.9. The molecular formula is C14H16N2O7S. The van der Waals surface area contributed by atoms with E-state index < -0.39 is 22.0 Å². The van der Waals surface area contributed by atoms with E-state index in [1.165, 1.54) is 23.1 Å². The average molecular weight is 356 g/mol. The molecule has 2 N–H and O–H groups in total. The molecule has 9 nitrogen and oxygen atoms in total. The predicted molar refractivity (Wildman–Crippen MR) is 82.2 cm³/mol. The normalized spacial score (nSPS) is 15.2. The topological polar surface area (TPSA) is 125 Å². The molecule has 0 aromatic heterocycles. The Morgan fingerprint density at radius 3 is 2.38 bits per heavy atom. The smallest absolute Gasteiger partial charge is 0.355 e. The molecule has 0 fully saturated rings. The van der Waals surface area contributed by atoms with Crippen LogP contribution in [0.4, 0.5) is 5.69 Å². The van der Waals surface area contributed by atoms with Crippen LogP contribution in [0.2, 0.25) is 0 Å². The summed E-state index contributed by atoms with van der Waals surface area (Å²) in [6.45, 7) is -0.345. The molecule has 0 unspecified atom stereocenters. The van der Waals surface area contributed by atoms with E-state index in [1.807, 2.05) is 0 Å². The van der Waals surface area contributed by atoms with Crippen LogP contribution < -0.4 is 10.0 Å². The molecule has 1 aliphatic heterocycles. The zero-order valence-corrected chi connectivity index (χ0v) is 13.8. The maximum Gasteiger partial charge on any atom is 0.355 e. The second-order valence-corrected chi connectivity index (χ2v) is 6.26. The lowest BCUT2D eigenvalue weighted by atomic mass is 10.1. The van der Waals surface area contributed by atoms with Crippen molar-refractivity contribution in [2.75, 3.05) is 32.5 Å². The standard InChI is InChI=1S/C14H16N2O7S/c1-21-13(17)9-7-23-8-16(12(9)14(18)22-2)10-5-3-4-6-11(10)24(15,19)20/h3-6H,7-8H2,1-2H3,(H2,15,19,20). The van der Waals surface area contributed by atoms with E-state index in [9.17, 15) is 18.0 Å². The van der Waals surface area contributed by atoms with Crippen molar-refractivity contribution < 1.29 is 32.2 Å². The SMILES string of the molecule is COC(=O)C1=C(C(=O)OC)N(c2ccccc2S(N)(=O)=O)COC1. The number of nitrogens with zero attached hydrogens (tertiary/aromatic N) is 1. The zero-order valence-electron chi connectivity index (χ0n) is 13.0. The lowest BCUT2D eigenvalue weighted by Crippen LogP contribution is -2.39. The van der Waals surface area contributed by atoms with Gasteiger partial charge in [-0.15, -0.1) is 0 Å². The van der Waals surface area contributed by atoms with Crippen LogP contribution in [0.15, 0.2) is 40.4 Å². The molecule has 0 aliphatic carbocycles. The van der Waals surface area contributed by atoms with Gasteiger partial charge in [0.15, 0.2) is 0 Å². The molecule has 1 aromatic carbocycles. The number of esters is 2. The summed E-state index contributed by atoms with van der Waals surface area (Å²) >= 11 is 0. The van der Waals surface area contributed by atoms with E-state index >= 15 is 0 Å². The molecule has 0 amide bonds. The summed E-state index contributed by atoms with van der Waals surface area (Å²) in [7, 11) is -1.77. The summed E-state index contributed by atoms with van der Waals surface area (Å²) in [4.78, 5) is 25.1. The molecule has 1 aliphatic rings. The van der Waals surface area contributed by atoms with Crippen molar-refractivity contribution in [1.29, 1.82) is 0 Å². The molecule has 24 heavy (non-hydrogen) atoms. The van der Waals surface area contributed by atoms with Gasteiger partial charge in [0.25, 0.3) is 0 Å². The molecule has 0 bridgehead atoms. The maximum absolute atomic E-state index is 12.2. The van der Waals surface area contributed by atoms with Gasteiger partial charge < -0.3 is 19.1 Å². The number of para-hydroxylation sites is 1. The van der Waals surface area contributed by atoms with Crippen LogP contribution in [0, 0.1) is 0 Å². The van der Waals surface area contributed by atoms with Crippen LogP contribution in [-0.2, 0) is 33.8 Å². The van der Waals surface area contributed by atoms with Crippen LogP contribution in [-0.4, -0.2) is 47.9 Å². The number of carbonyl (C=O) groups is 2. The van der Waals surface area contributed by atoms with Gasteiger partial charge in [-0.3, -0.25) is 0 Å². The van der Waals surface area contributed by atoms with Gasteiger partial charge in [0.05, 0.1) is 32.1 Å². The van der Waals surface area contributed by atoms with Crippen molar-refractivity contribution in [3.05, 3.63) is 35.5 Å². The Balaban J connectivity index is 2.69. The summed E-state index contributed by atoms with van der Waals surface area (Å²) < 4.78 is 38.2. The molecular weight excluding hydrogens is 340 g/mol. The van der Waals surface area contributed by atoms with Gasteiger partial charge in [-0.25, -0.2) is 23.1 Å². The van der Waals surface area contributed by atoms with Crippen molar-refractivity contribution in [3.8, 4) is 0 Å². The zero-order chi connectivity index (χ0) is 17.9. The van der Waals surface area contributed by atoms with Gasteiger partial charge in [-0.05, 0) is 12.1 Å². The number of hydrogen-bond donors (Lipinski definition) is 1. The minimum absolute atomic E-state index is 0.0835. The van der Waals surface area contributed by atoms with Crippen molar-refractivity contribution >= 4 is 27.6 Å². The highest BCUT2D eigenvalue weighted by Crippen LogP contribution is 2.31. The molecule has 0 atom stereocenters. The monoisotopic (exact) mass is 356 g/mol. The van der Waals surface area contributed by atoms with Crippen molar-refractivity contribution in [2.45, 2.75) is 4.90 Å². The lowest BCUT2D eigenvalue weighted by molar-refractivity contribution is -0.140. The van der Waals surface area contributed by atoms with E-state index in [0.717, 1.165) is 14.2 Å². The number of hydrogen-bond acceptors (Lipinski definition) is 8. The van der Waals surface area contributed by atoms with E-state index in [0.29, 0.717) is 0 Å². The number of nitrogens with two attached hydrogens (primary N) is 1. The van der Waals surface area contributed by atoms with Gasteiger partial charge >= 0.3 is 11.9 Å². The van der Waals surface area contributed by atoms with Crippen LogP contribution in [0.1, 0.15) is 0 Å². The summed E-state index contributed by atoms with van der Waals surface area (Å²) in [5.74, 6) is -1.61. The Hall–Kier alpha value is -2.43. The number of anilines is 1. The second kappa shape index (κ2) is 6.99. The largest absolute Gasteiger partial charge is 0.466 e. The number of benzene rings is 1.